The van der Waals surface area contributed by atoms with Gasteiger partial charge in [0.1, 0.15) is 17.7 Å². The van der Waals surface area contributed by atoms with Crippen LogP contribution in [0.15, 0.2) is 60.9 Å². The average molecular weight is 357 g/mol. The molecule has 3 aromatic rings. The molecule has 26 heavy (non-hydrogen) atoms. The van der Waals surface area contributed by atoms with E-state index in [2.05, 4.69) is 10.3 Å². The number of hydrogen-bond acceptors (Lipinski definition) is 3. The third-order valence-corrected chi connectivity index (χ3v) is 3.82. The second-order valence-electron chi connectivity index (χ2n) is 5.67. The van der Waals surface area contributed by atoms with Gasteiger partial charge in [-0.2, -0.15) is 0 Å². The molecular formula is C19H17F2N3O2. The molecule has 2 aromatic carbocycles. The first-order chi connectivity index (χ1) is 12.5. The Hall–Kier alpha value is -3.22. The number of nitrogens with zero attached hydrogens (tertiary/aromatic N) is 2. The fraction of sp³-hybridized carbons (Fsp3) is 0.158. The maximum absolute atomic E-state index is 13.6. The number of amides is 1. The highest BCUT2D eigenvalue weighted by molar-refractivity contribution is 5.78. The van der Waals surface area contributed by atoms with E-state index in [9.17, 15) is 13.6 Å². The van der Waals surface area contributed by atoms with Gasteiger partial charge in [0.05, 0.1) is 0 Å². The summed E-state index contributed by atoms with van der Waals surface area (Å²) in [7, 11) is 1.79. The summed E-state index contributed by atoms with van der Waals surface area (Å²) in [4.78, 5) is 16.6. The fourth-order valence-electron chi connectivity index (χ4n) is 2.52. The molecule has 7 heteroatoms. The van der Waals surface area contributed by atoms with Crippen LogP contribution in [0.2, 0.25) is 0 Å². The van der Waals surface area contributed by atoms with Crippen molar-refractivity contribution in [2.45, 2.75) is 6.04 Å². The van der Waals surface area contributed by atoms with Crippen molar-refractivity contribution in [1.82, 2.24) is 14.9 Å². The molecule has 134 valence electrons. The summed E-state index contributed by atoms with van der Waals surface area (Å²) in [6.45, 7) is -0.358. The van der Waals surface area contributed by atoms with E-state index in [0.29, 0.717) is 11.4 Å². The molecule has 0 aliphatic rings. The van der Waals surface area contributed by atoms with Crippen LogP contribution in [0.5, 0.6) is 5.75 Å². The van der Waals surface area contributed by atoms with E-state index in [4.69, 9.17) is 4.74 Å². The van der Waals surface area contributed by atoms with Crippen LogP contribution in [0, 0.1) is 11.6 Å². The number of para-hydroxylation sites is 1. The Labute approximate surface area is 149 Å². The Bertz CT molecular complexity index is 894. The van der Waals surface area contributed by atoms with Gasteiger partial charge in [-0.1, -0.05) is 24.3 Å². The number of carbonyl (C=O) groups excluding carboxylic acids is 1. The van der Waals surface area contributed by atoms with Crippen molar-refractivity contribution in [2.75, 3.05) is 6.61 Å². The molecule has 0 spiro atoms. The highest BCUT2D eigenvalue weighted by atomic mass is 19.1. The molecule has 0 aliphatic carbocycles. The van der Waals surface area contributed by atoms with Crippen molar-refractivity contribution >= 4 is 5.91 Å². The van der Waals surface area contributed by atoms with E-state index in [1.165, 1.54) is 30.3 Å². The summed E-state index contributed by atoms with van der Waals surface area (Å²) >= 11 is 0. The van der Waals surface area contributed by atoms with Gasteiger partial charge in [0.15, 0.2) is 18.2 Å². The largest absolute Gasteiger partial charge is 0.481 e. The molecule has 1 heterocycles. The van der Waals surface area contributed by atoms with E-state index in [-0.39, 0.29) is 18.2 Å². The maximum Gasteiger partial charge on any atom is 0.258 e. The van der Waals surface area contributed by atoms with Crippen molar-refractivity contribution in [3.8, 4) is 5.75 Å². The molecule has 0 radical (unpaired) electrons. The predicted octanol–water partition coefficient (Wildman–Crippen LogP) is 2.98. The molecule has 5 nitrogen and oxygen atoms in total. The average Bonchev–Trinajstić information content (AvgIpc) is 3.05. The van der Waals surface area contributed by atoms with Crippen molar-refractivity contribution in [1.29, 1.82) is 0 Å². The van der Waals surface area contributed by atoms with Gasteiger partial charge in [0.2, 0.25) is 0 Å². The maximum atomic E-state index is 13.6. The third-order valence-electron chi connectivity index (χ3n) is 3.82. The van der Waals surface area contributed by atoms with Gasteiger partial charge < -0.3 is 14.6 Å². The lowest BCUT2D eigenvalue weighted by molar-refractivity contribution is -0.123. The molecule has 0 aliphatic heterocycles. The zero-order chi connectivity index (χ0) is 18.5. The first-order valence-corrected chi connectivity index (χ1v) is 7.94. The second-order valence-corrected chi connectivity index (χ2v) is 5.67. The van der Waals surface area contributed by atoms with E-state index < -0.39 is 17.8 Å². The van der Waals surface area contributed by atoms with Crippen LogP contribution in [-0.4, -0.2) is 22.1 Å². The van der Waals surface area contributed by atoms with Crippen molar-refractivity contribution in [3.05, 3.63) is 83.9 Å². The molecule has 1 amide bonds. The predicted molar refractivity (Wildman–Crippen MR) is 91.5 cm³/mol. The first kappa shape index (κ1) is 17.6. The molecule has 1 atom stereocenters. The van der Waals surface area contributed by atoms with Crippen LogP contribution in [-0.2, 0) is 11.8 Å². The lowest BCUT2D eigenvalue weighted by Gasteiger charge is -2.19. The molecule has 0 unspecified atom stereocenters. The summed E-state index contributed by atoms with van der Waals surface area (Å²) in [6.07, 6.45) is 3.35. The molecule has 0 bridgehead atoms. The smallest absolute Gasteiger partial charge is 0.258 e. The van der Waals surface area contributed by atoms with Gasteiger partial charge in [0, 0.05) is 19.4 Å². The van der Waals surface area contributed by atoms with Gasteiger partial charge in [-0.05, 0) is 29.8 Å². The molecule has 0 fully saturated rings. The molecule has 1 N–H and O–H groups in total. The number of benzene rings is 2. The molecule has 3 rings (SSSR count). The molecule has 0 saturated heterocycles. The van der Waals surface area contributed by atoms with Gasteiger partial charge in [-0.15, -0.1) is 0 Å². The van der Waals surface area contributed by atoms with Gasteiger partial charge in [0.25, 0.3) is 5.91 Å². The number of halogens is 2. The minimum Gasteiger partial charge on any atom is -0.481 e. The van der Waals surface area contributed by atoms with E-state index in [1.54, 1.807) is 42.2 Å². The number of ether oxygens (including phenoxy) is 1. The highest BCUT2D eigenvalue weighted by Gasteiger charge is 2.21. The van der Waals surface area contributed by atoms with Gasteiger partial charge in [-0.3, -0.25) is 4.79 Å². The number of imidazole rings is 1. The van der Waals surface area contributed by atoms with Crippen molar-refractivity contribution in [3.63, 3.8) is 0 Å². The normalized spacial score (nSPS) is 11.8. The quantitative estimate of drug-likeness (QED) is 0.738. The highest BCUT2D eigenvalue weighted by Crippen LogP contribution is 2.21. The van der Waals surface area contributed by atoms with Crippen LogP contribution in [0.25, 0.3) is 0 Å². The standard InChI is InChI=1S/C19H17F2N3O2/c1-24-11-10-22-19(24)18(13-6-8-14(20)9-7-13)23-17(25)12-26-16-5-3-2-4-15(16)21/h2-11,18H,12H2,1H3,(H,23,25)/t18-/m0/s1. The lowest BCUT2D eigenvalue weighted by atomic mass is 10.1. The minimum atomic E-state index is -0.590. The summed E-state index contributed by atoms with van der Waals surface area (Å²) in [5.74, 6) is -0.791. The Balaban J connectivity index is 1.75. The summed E-state index contributed by atoms with van der Waals surface area (Å²) in [6, 6.07) is 11.0. The first-order valence-electron chi connectivity index (χ1n) is 7.94. The van der Waals surface area contributed by atoms with Gasteiger partial charge >= 0.3 is 0 Å². The van der Waals surface area contributed by atoms with Crippen LogP contribution in [0.4, 0.5) is 8.78 Å². The Kier molecular flexibility index (Phi) is 5.26. The van der Waals surface area contributed by atoms with E-state index >= 15 is 0 Å². The summed E-state index contributed by atoms with van der Waals surface area (Å²) in [5.41, 5.74) is 0.667. The number of rotatable bonds is 6. The summed E-state index contributed by atoms with van der Waals surface area (Å²) < 4.78 is 33.8. The molecule has 0 saturated carbocycles. The van der Waals surface area contributed by atoms with Crippen LogP contribution < -0.4 is 10.1 Å². The van der Waals surface area contributed by atoms with Crippen LogP contribution in [0.1, 0.15) is 17.4 Å². The van der Waals surface area contributed by atoms with Crippen LogP contribution >= 0.6 is 0 Å². The SMILES string of the molecule is Cn1ccnc1[C@@H](NC(=O)COc1ccccc1F)c1ccc(F)cc1. The zero-order valence-electron chi connectivity index (χ0n) is 14.0. The number of nitrogens with one attached hydrogen (secondary N) is 1. The zero-order valence-corrected chi connectivity index (χ0v) is 14.0. The van der Waals surface area contributed by atoms with E-state index in [0.717, 1.165) is 0 Å². The second kappa shape index (κ2) is 7.77. The van der Waals surface area contributed by atoms with Crippen molar-refractivity contribution in [2.24, 2.45) is 7.05 Å². The number of aryl methyl sites for hydroxylation is 1. The third kappa shape index (κ3) is 4.05. The number of aromatic nitrogens is 2. The molecular weight excluding hydrogens is 340 g/mol. The van der Waals surface area contributed by atoms with Crippen LogP contribution in [0.3, 0.4) is 0 Å². The number of hydrogen-bond donors (Lipinski definition) is 1. The van der Waals surface area contributed by atoms with Gasteiger partial charge in [-0.25, -0.2) is 13.8 Å². The van der Waals surface area contributed by atoms with Crippen molar-refractivity contribution < 1.29 is 18.3 Å². The summed E-state index contributed by atoms with van der Waals surface area (Å²) in [5, 5.41) is 2.79. The minimum absolute atomic E-state index is 0.00188. The number of carbonyl (C=O) groups is 1. The fourth-order valence-corrected chi connectivity index (χ4v) is 2.52. The monoisotopic (exact) mass is 357 g/mol. The Morgan fingerprint density at radius 1 is 1.19 bits per heavy atom. The molecule has 1 aromatic heterocycles. The van der Waals surface area contributed by atoms with E-state index in [1.807, 2.05) is 0 Å². The lowest BCUT2D eigenvalue weighted by Crippen LogP contribution is -2.34. The Morgan fingerprint density at radius 3 is 2.58 bits per heavy atom. The topological polar surface area (TPSA) is 56.2 Å². The Morgan fingerprint density at radius 2 is 1.92 bits per heavy atom.